The molecule has 2 amide bonds. The van der Waals surface area contributed by atoms with Gasteiger partial charge in [-0.05, 0) is 37.1 Å². The minimum Gasteiger partial charge on any atom is -0.497 e. The molecule has 2 aromatic carbocycles. The van der Waals surface area contributed by atoms with Gasteiger partial charge in [0.05, 0.1) is 18.4 Å². The van der Waals surface area contributed by atoms with E-state index in [0.29, 0.717) is 22.9 Å². The van der Waals surface area contributed by atoms with Crippen LogP contribution in [0.25, 0.3) is 0 Å². The predicted octanol–water partition coefficient (Wildman–Crippen LogP) is 4.20. The molecule has 0 fully saturated rings. The molecular formula is C21H26N2O3S. The highest BCUT2D eigenvalue weighted by Crippen LogP contribution is 2.24. The molecule has 2 aromatic rings. The van der Waals surface area contributed by atoms with Crippen molar-refractivity contribution >= 4 is 29.3 Å². The standard InChI is InChI=1S/C21H26N2O3S/c1-14(2)15(3)22-21(25)18-10-5-6-11-19(18)27-13-20(24)23-16-8-7-9-17(12-16)26-4/h5-12,14-15H,13H2,1-4H3,(H,22,25)(H,23,24). The summed E-state index contributed by atoms with van der Waals surface area (Å²) in [5.41, 5.74) is 1.26. The molecule has 6 heteroatoms. The fourth-order valence-corrected chi connectivity index (χ4v) is 3.12. The van der Waals surface area contributed by atoms with Crippen LogP contribution in [0.3, 0.4) is 0 Å². The number of nitrogens with one attached hydrogen (secondary N) is 2. The van der Waals surface area contributed by atoms with Gasteiger partial charge in [0.2, 0.25) is 5.91 Å². The molecule has 0 bridgehead atoms. The molecule has 0 aliphatic heterocycles. The van der Waals surface area contributed by atoms with Gasteiger partial charge >= 0.3 is 0 Å². The number of anilines is 1. The predicted molar refractivity (Wildman–Crippen MR) is 111 cm³/mol. The fraction of sp³-hybridized carbons (Fsp3) is 0.333. The number of rotatable bonds is 8. The molecule has 1 atom stereocenters. The Balaban J connectivity index is 1.99. The van der Waals surface area contributed by atoms with Crippen LogP contribution in [0.1, 0.15) is 31.1 Å². The summed E-state index contributed by atoms with van der Waals surface area (Å²) in [5.74, 6) is 0.983. The Hall–Kier alpha value is -2.47. The zero-order valence-corrected chi connectivity index (χ0v) is 16.9. The SMILES string of the molecule is COc1cccc(NC(=O)CSc2ccccc2C(=O)NC(C)C(C)C)c1. The third kappa shape index (κ3) is 6.32. The summed E-state index contributed by atoms with van der Waals surface area (Å²) in [6.07, 6.45) is 0. The van der Waals surface area contributed by atoms with Crippen LogP contribution in [-0.4, -0.2) is 30.7 Å². The summed E-state index contributed by atoms with van der Waals surface area (Å²) in [6.45, 7) is 6.11. The second kappa shape index (κ2) is 10.0. The van der Waals surface area contributed by atoms with E-state index in [2.05, 4.69) is 24.5 Å². The first-order chi connectivity index (χ1) is 12.9. The maximum atomic E-state index is 12.5. The number of ether oxygens (including phenoxy) is 1. The van der Waals surface area contributed by atoms with Crippen molar-refractivity contribution in [2.45, 2.75) is 31.7 Å². The van der Waals surface area contributed by atoms with E-state index >= 15 is 0 Å². The van der Waals surface area contributed by atoms with Crippen molar-refractivity contribution in [1.82, 2.24) is 5.32 Å². The summed E-state index contributed by atoms with van der Waals surface area (Å²) in [4.78, 5) is 25.6. The lowest BCUT2D eigenvalue weighted by atomic mass is 10.1. The van der Waals surface area contributed by atoms with Crippen LogP contribution in [0.5, 0.6) is 5.75 Å². The van der Waals surface area contributed by atoms with E-state index in [1.807, 2.05) is 37.3 Å². The highest BCUT2D eigenvalue weighted by molar-refractivity contribution is 8.00. The van der Waals surface area contributed by atoms with E-state index < -0.39 is 0 Å². The zero-order valence-electron chi connectivity index (χ0n) is 16.1. The number of carbonyl (C=O) groups excluding carboxylic acids is 2. The van der Waals surface area contributed by atoms with E-state index in [1.165, 1.54) is 11.8 Å². The first-order valence-electron chi connectivity index (χ1n) is 8.87. The average Bonchev–Trinajstić information content (AvgIpc) is 2.66. The Morgan fingerprint density at radius 2 is 1.81 bits per heavy atom. The molecular weight excluding hydrogens is 360 g/mol. The second-order valence-corrected chi connectivity index (χ2v) is 7.59. The third-order valence-electron chi connectivity index (χ3n) is 4.20. The van der Waals surface area contributed by atoms with Gasteiger partial charge in [0, 0.05) is 22.7 Å². The summed E-state index contributed by atoms with van der Waals surface area (Å²) < 4.78 is 5.16. The van der Waals surface area contributed by atoms with E-state index in [0.717, 1.165) is 4.90 Å². The smallest absolute Gasteiger partial charge is 0.252 e. The molecule has 2 rings (SSSR count). The summed E-state index contributed by atoms with van der Waals surface area (Å²) in [7, 11) is 1.58. The summed E-state index contributed by atoms with van der Waals surface area (Å²) in [6, 6.07) is 14.6. The molecule has 0 aromatic heterocycles. The number of thioether (sulfide) groups is 1. The largest absolute Gasteiger partial charge is 0.497 e. The summed E-state index contributed by atoms with van der Waals surface area (Å²) in [5, 5.41) is 5.85. The molecule has 27 heavy (non-hydrogen) atoms. The van der Waals surface area contributed by atoms with Crippen LogP contribution < -0.4 is 15.4 Å². The van der Waals surface area contributed by atoms with Gasteiger partial charge in [0.1, 0.15) is 5.75 Å². The maximum absolute atomic E-state index is 12.5. The lowest BCUT2D eigenvalue weighted by Crippen LogP contribution is -2.36. The van der Waals surface area contributed by atoms with Gasteiger partial charge in [-0.1, -0.05) is 32.0 Å². The Morgan fingerprint density at radius 3 is 2.52 bits per heavy atom. The van der Waals surface area contributed by atoms with Gasteiger partial charge in [-0.2, -0.15) is 0 Å². The van der Waals surface area contributed by atoms with E-state index in [4.69, 9.17) is 4.74 Å². The molecule has 1 unspecified atom stereocenters. The maximum Gasteiger partial charge on any atom is 0.252 e. The first-order valence-corrected chi connectivity index (χ1v) is 9.86. The lowest BCUT2D eigenvalue weighted by molar-refractivity contribution is -0.113. The van der Waals surface area contributed by atoms with Crippen LogP contribution in [-0.2, 0) is 4.79 Å². The average molecular weight is 387 g/mol. The number of carbonyl (C=O) groups is 2. The number of hydrogen-bond donors (Lipinski definition) is 2. The van der Waals surface area contributed by atoms with Gasteiger partial charge in [0.15, 0.2) is 0 Å². The zero-order chi connectivity index (χ0) is 19.8. The van der Waals surface area contributed by atoms with Gasteiger partial charge in [-0.25, -0.2) is 0 Å². The van der Waals surface area contributed by atoms with Crippen molar-refractivity contribution < 1.29 is 14.3 Å². The highest BCUT2D eigenvalue weighted by Gasteiger charge is 2.16. The number of benzene rings is 2. The van der Waals surface area contributed by atoms with Crippen molar-refractivity contribution in [3.8, 4) is 5.75 Å². The second-order valence-electron chi connectivity index (χ2n) is 6.57. The van der Waals surface area contributed by atoms with Crippen LogP contribution in [0, 0.1) is 5.92 Å². The Bertz CT molecular complexity index is 793. The van der Waals surface area contributed by atoms with Crippen molar-refractivity contribution in [3.05, 3.63) is 54.1 Å². The number of hydrogen-bond acceptors (Lipinski definition) is 4. The lowest BCUT2D eigenvalue weighted by Gasteiger charge is -2.18. The fourth-order valence-electron chi connectivity index (χ4n) is 2.27. The van der Waals surface area contributed by atoms with Crippen LogP contribution in [0.15, 0.2) is 53.4 Å². The van der Waals surface area contributed by atoms with Gasteiger partial charge in [-0.15, -0.1) is 11.8 Å². The van der Waals surface area contributed by atoms with E-state index in [1.54, 1.807) is 25.3 Å². The molecule has 0 aliphatic carbocycles. The minimum atomic E-state index is -0.140. The first kappa shape index (κ1) is 20.8. The molecule has 144 valence electrons. The number of methoxy groups -OCH3 is 1. The van der Waals surface area contributed by atoms with Crippen LogP contribution in [0.4, 0.5) is 5.69 Å². The molecule has 0 saturated carbocycles. The molecule has 2 N–H and O–H groups in total. The van der Waals surface area contributed by atoms with Gasteiger partial charge < -0.3 is 15.4 Å². The van der Waals surface area contributed by atoms with Gasteiger partial charge in [-0.3, -0.25) is 9.59 Å². The van der Waals surface area contributed by atoms with Crippen molar-refractivity contribution in [1.29, 1.82) is 0 Å². The molecule has 0 heterocycles. The van der Waals surface area contributed by atoms with E-state index in [-0.39, 0.29) is 23.6 Å². The molecule has 0 saturated heterocycles. The molecule has 0 aliphatic rings. The van der Waals surface area contributed by atoms with E-state index in [9.17, 15) is 9.59 Å². The third-order valence-corrected chi connectivity index (χ3v) is 5.28. The minimum absolute atomic E-state index is 0.0758. The quantitative estimate of drug-likeness (QED) is 0.667. The van der Waals surface area contributed by atoms with Gasteiger partial charge in [0.25, 0.3) is 5.91 Å². The monoisotopic (exact) mass is 386 g/mol. The van der Waals surface area contributed by atoms with Crippen molar-refractivity contribution in [3.63, 3.8) is 0 Å². The highest BCUT2D eigenvalue weighted by atomic mass is 32.2. The summed E-state index contributed by atoms with van der Waals surface area (Å²) >= 11 is 1.34. The topological polar surface area (TPSA) is 67.4 Å². The Kier molecular flexibility index (Phi) is 7.73. The van der Waals surface area contributed by atoms with Crippen LogP contribution >= 0.6 is 11.8 Å². The Labute approximate surface area is 164 Å². The van der Waals surface area contributed by atoms with Crippen molar-refractivity contribution in [2.75, 3.05) is 18.2 Å². The molecule has 0 spiro atoms. The molecule has 0 radical (unpaired) electrons. The van der Waals surface area contributed by atoms with Crippen LogP contribution in [0.2, 0.25) is 0 Å². The molecule has 5 nitrogen and oxygen atoms in total. The number of amides is 2. The normalized spacial score (nSPS) is 11.7. The Morgan fingerprint density at radius 1 is 1.07 bits per heavy atom. The van der Waals surface area contributed by atoms with Crippen molar-refractivity contribution in [2.24, 2.45) is 5.92 Å².